The molecule has 2 rings (SSSR count). The van der Waals surface area contributed by atoms with Gasteiger partial charge in [0, 0.05) is 21.2 Å². The number of carbonyl (C=O) groups excluding carboxylic acids is 1. The van der Waals surface area contributed by atoms with Crippen LogP contribution in [0.3, 0.4) is 0 Å². The number of hydrogen-bond donors (Lipinski definition) is 2. The van der Waals surface area contributed by atoms with Crippen LogP contribution in [0.2, 0.25) is 10.0 Å². The Bertz CT molecular complexity index is 1060. The third kappa shape index (κ3) is 19.3. The van der Waals surface area contributed by atoms with Crippen molar-refractivity contribution in [3.8, 4) is 0 Å². The van der Waals surface area contributed by atoms with Gasteiger partial charge in [-0.1, -0.05) is 58.5 Å². The molecule has 2 unspecified atom stereocenters. The fraction of sp³-hybridized carbons (Fsp3) is 0.222. The van der Waals surface area contributed by atoms with E-state index >= 15 is 0 Å². The summed E-state index contributed by atoms with van der Waals surface area (Å²) < 4.78 is 68.2. The molecule has 2 aromatic rings. The Labute approximate surface area is 255 Å². The number of rotatable bonds is 4. The number of halogens is 15. The monoisotopic (exact) mass is 748 g/mol. The molecule has 4 nitrogen and oxygen atoms in total. The van der Waals surface area contributed by atoms with Crippen LogP contribution < -0.4 is 5.32 Å². The van der Waals surface area contributed by atoms with Gasteiger partial charge in [0.25, 0.3) is 5.91 Å². The number of nitrogens with one attached hydrogen (secondary N) is 1. The summed E-state index contributed by atoms with van der Waals surface area (Å²) in [6.45, 7) is 0. The molecule has 0 heterocycles. The zero-order chi connectivity index (χ0) is 30.1. The first-order chi connectivity index (χ1) is 16.8. The molecule has 0 saturated carbocycles. The van der Waals surface area contributed by atoms with E-state index in [9.17, 15) is 31.1 Å². The standard InChI is InChI=1S/C9H5Cl3F3N.C9H7ClF3NO2.Cl5P/c10-6-3-1-5(2-4-6)7(11)16-8(12)9(13,14)15;10-6-3-1-5(2-4-6)7(15)14-8(16)9(11,12)13;1-6(2,3,4)5/h1-4,8H;1-4,8,16H,(H,14,15);. The van der Waals surface area contributed by atoms with Crippen LogP contribution in [0, 0.1) is 0 Å². The Morgan fingerprint density at radius 2 is 1.13 bits per heavy atom. The fourth-order valence-electron chi connectivity index (χ4n) is 1.73. The molecule has 216 valence electrons. The molecule has 38 heavy (non-hydrogen) atoms. The second kappa shape index (κ2) is 15.4. The van der Waals surface area contributed by atoms with E-state index in [4.69, 9.17) is 108 Å². The first-order valence-electron chi connectivity index (χ1n) is 8.97. The smallest absolute Gasteiger partial charge is 0.366 e. The summed E-state index contributed by atoms with van der Waals surface area (Å²) in [6, 6.07) is 11.1. The summed E-state index contributed by atoms with van der Waals surface area (Å²) in [5.41, 5.74) is -2.05. The summed E-state index contributed by atoms with van der Waals surface area (Å²) in [6.07, 6.45) is -12.4. The number of nitrogens with zero attached hydrogens (tertiary/aromatic N) is 1. The van der Waals surface area contributed by atoms with E-state index in [1.165, 1.54) is 53.8 Å². The van der Waals surface area contributed by atoms with E-state index in [0.29, 0.717) is 15.6 Å². The molecule has 0 aliphatic heterocycles. The van der Waals surface area contributed by atoms with Crippen LogP contribution >= 0.6 is 106 Å². The third-order valence-electron chi connectivity index (χ3n) is 3.26. The van der Waals surface area contributed by atoms with Crippen molar-refractivity contribution in [1.82, 2.24) is 5.32 Å². The number of amides is 1. The van der Waals surface area contributed by atoms with Crippen molar-refractivity contribution in [3.05, 3.63) is 69.7 Å². The SMILES string of the molecule is ClP(Cl)(Cl)(Cl)Cl.FC(F)(F)C(Cl)N=C(Cl)c1ccc(Cl)cc1.O=C(NC(O)C(F)(F)F)c1ccc(Cl)cc1. The van der Waals surface area contributed by atoms with Crippen molar-refractivity contribution in [3.63, 3.8) is 0 Å². The van der Waals surface area contributed by atoms with Crippen molar-refractivity contribution >= 4 is 117 Å². The predicted molar refractivity (Wildman–Crippen MR) is 147 cm³/mol. The van der Waals surface area contributed by atoms with E-state index in [0.717, 1.165) is 0 Å². The quantitative estimate of drug-likeness (QED) is 0.0816. The van der Waals surface area contributed by atoms with E-state index in [2.05, 4.69) is 4.99 Å². The maximum absolute atomic E-state index is 12.1. The Kier molecular flexibility index (Phi) is 15.5. The van der Waals surface area contributed by atoms with Crippen molar-refractivity contribution in [2.75, 3.05) is 0 Å². The Hall–Kier alpha value is 0.160. The van der Waals surface area contributed by atoms with Gasteiger partial charge in [0.15, 0.2) is 0 Å². The zero-order valence-corrected chi connectivity index (χ0v) is 25.4. The van der Waals surface area contributed by atoms with E-state index in [-0.39, 0.29) is 10.7 Å². The average Bonchev–Trinajstić information content (AvgIpc) is 2.72. The minimum absolute atomic E-state index is 0.0206. The van der Waals surface area contributed by atoms with Gasteiger partial charge in [0.2, 0.25) is 11.7 Å². The van der Waals surface area contributed by atoms with E-state index < -0.39 is 33.4 Å². The minimum Gasteiger partial charge on any atom is -0.366 e. The molecular formula is C18H12Cl9F6N2O2P. The third-order valence-corrected chi connectivity index (χ3v) is 4.43. The van der Waals surface area contributed by atoms with Gasteiger partial charge in [-0.3, -0.25) is 4.79 Å². The van der Waals surface area contributed by atoms with Crippen LogP contribution in [0.1, 0.15) is 15.9 Å². The van der Waals surface area contributed by atoms with Crippen LogP contribution in [-0.4, -0.2) is 40.3 Å². The molecule has 0 spiro atoms. The topological polar surface area (TPSA) is 61.7 Å². The van der Waals surface area contributed by atoms with Gasteiger partial charge in [0.1, 0.15) is 5.17 Å². The Balaban J connectivity index is 0.000000596. The van der Waals surface area contributed by atoms with Crippen LogP contribution in [0.15, 0.2) is 53.5 Å². The number of aliphatic hydroxyl groups excluding tert-OH is 1. The summed E-state index contributed by atoms with van der Waals surface area (Å²) in [5, 5.41) is 10.5. The minimum atomic E-state index is -4.89. The molecule has 0 aliphatic rings. The van der Waals surface area contributed by atoms with Crippen LogP contribution in [0.4, 0.5) is 26.3 Å². The normalized spacial score (nSPS) is 14.9. The summed E-state index contributed by atoms with van der Waals surface area (Å²) >= 11 is 46.6. The van der Waals surface area contributed by atoms with Gasteiger partial charge in [-0.2, -0.15) is 26.3 Å². The number of aliphatic imine (C=N–C) groups is 1. The molecule has 0 bridgehead atoms. The Morgan fingerprint density at radius 3 is 1.45 bits per heavy atom. The van der Waals surface area contributed by atoms with Crippen molar-refractivity contribution < 1.29 is 36.2 Å². The number of carbonyl (C=O) groups is 1. The average molecular weight is 752 g/mol. The Morgan fingerprint density at radius 1 is 0.789 bits per heavy atom. The molecule has 0 radical (unpaired) electrons. The molecule has 0 aromatic heterocycles. The van der Waals surface area contributed by atoms with Gasteiger partial charge in [0.05, 0.1) is 0 Å². The first-order valence-corrected chi connectivity index (χ1v) is 17.3. The maximum Gasteiger partial charge on any atom is 0.433 e. The molecular weight excluding hydrogens is 740 g/mol. The van der Waals surface area contributed by atoms with Crippen LogP contribution in [-0.2, 0) is 0 Å². The van der Waals surface area contributed by atoms with E-state index in [1.807, 2.05) is 0 Å². The molecule has 2 aromatic carbocycles. The number of benzene rings is 2. The van der Waals surface area contributed by atoms with Crippen molar-refractivity contribution in [2.24, 2.45) is 4.99 Å². The van der Waals surface area contributed by atoms with Crippen LogP contribution in [0.25, 0.3) is 0 Å². The molecule has 2 N–H and O–H groups in total. The second-order valence-corrected chi connectivity index (χ2v) is 24.6. The zero-order valence-electron chi connectivity index (χ0n) is 17.7. The molecule has 20 heteroatoms. The van der Waals surface area contributed by atoms with Gasteiger partial charge in [-0.25, -0.2) is 4.99 Å². The fourth-order valence-corrected chi connectivity index (χ4v) is 2.35. The van der Waals surface area contributed by atoms with Gasteiger partial charge in [-0.05, 0) is 36.4 Å². The predicted octanol–water partition coefficient (Wildman–Crippen LogP) is 10.7. The van der Waals surface area contributed by atoms with Gasteiger partial charge >= 0.3 is 71.9 Å². The molecule has 0 fully saturated rings. The molecule has 0 aliphatic carbocycles. The first kappa shape index (κ1) is 38.2. The summed E-state index contributed by atoms with van der Waals surface area (Å²) in [5.74, 6) is -1.03. The van der Waals surface area contributed by atoms with E-state index in [1.54, 1.807) is 0 Å². The number of alkyl halides is 7. The molecule has 0 saturated heterocycles. The molecule has 1 amide bonds. The number of aliphatic hydroxyl groups is 1. The summed E-state index contributed by atoms with van der Waals surface area (Å²) in [7, 11) is 0. The largest absolute Gasteiger partial charge is 0.433 e. The number of hydrogen-bond acceptors (Lipinski definition) is 3. The second-order valence-electron chi connectivity index (χ2n) is 6.37. The summed E-state index contributed by atoms with van der Waals surface area (Å²) in [4.78, 5) is 14.3. The van der Waals surface area contributed by atoms with Crippen LogP contribution in [0.5, 0.6) is 0 Å². The van der Waals surface area contributed by atoms with Crippen molar-refractivity contribution in [1.29, 1.82) is 0 Å². The maximum atomic E-state index is 12.1. The van der Waals surface area contributed by atoms with Gasteiger partial charge < -0.3 is 10.4 Å². The van der Waals surface area contributed by atoms with Crippen molar-refractivity contribution in [2.45, 2.75) is 24.1 Å². The van der Waals surface area contributed by atoms with Gasteiger partial charge in [-0.15, -0.1) is 0 Å². The molecule has 2 atom stereocenters.